The number of carboxylic acids is 2. The molecule has 2 saturated heterocycles. The van der Waals surface area contributed by atoms with Gasteiger partial charge in [-0.1, -0.05) is 42.5 Å². The first-order chi connectivity index (χ1) is 39.9. The first kappa shape index (κ1) is 54.7. The number of rotatable bonds is 18. The molecule has 416 valence electrons. The van der Waals surface area contributed by atoms with Gasteiger partial charge in [0, 0.05) is 56.6 Å². The highest BCUT2D eigenvalue weighted by Crippen LogP contribution is 2.30. The molecule has 0 radical (unpaired) electrons. The van der Waals surface area contributed by atoms with Crippen molar-refractivity contribution in [2.45, 2.75) is 77.3 Å². The second kappa shape index (κ2) is 24.6. The van der Waals surface area contributed by atoms with E-state index in [1.165, 1.54) is 29.8 Å². The van der Waals surface area contributed by atoms with E-state index in [-0.39, 0.29) is 47.9 Å². The number of fused-ring (bicyclic) bond motifs is 2. The van der Waals surface area contributed by atoms with E-state index in [1.54, 1.807) is 42.5 Å². The van der Waals surface area contributed by atoms with Crippen molar-refractivity contribution < 1.29 is 47.5 Å². The molecule has 82 heavy (non-hydrogen) atoms. The molecule has 0 saturated carbocycles. The molecule has 9 heterocycles. The number of ether oxygens (including phenoxy) is 4. The number of carbonyl (C=O) groups is 2. The van der Waals surface area contributed by atoms with E-state index in [1.807, 2.05) is 57.7 Å². The Morgan fingerprint density at radius 2 is 1.15 bits per heavy atom. The Morgan fingerprint density at radius 3 is 1.62 bits per heavy atom. The van der Waals surface area contributed by atoms with Gasteiger partial charge in [0.05, 0.1) is 67.3 Å². The largest absolute Gasteiger partial charge is 0.489 e. The summed E-state index contributed by atoms with van der Waals surface area (Å²) in [6.45, 7) is 6.94. The van der Waals surface area contributed by atoms with E-state index in [9.17, 15) is 28.6 Å². The fourth-order valence-corrected chi connectivity index (χ4v) is 10.1. The fraction of sp³-hybridized carbons (Fsp3) is 0.295. The van der Waals surface area contributed by atoms with Crippen molar-refractivity contribution in [1.29, 1.82) is 10.5 Å². The molecule has 12 rings (SSSR count). The first-order valence-electron chi connectivity index (χ1n) is 26.9. The number of aromatic nitrogens is 7. The molecule has 0 bridgehead atoms. The van der Waals surface area contributed by atoms with Crippen molar-refractivity contribution in [3.63, 3.8) is 0 Å². The maximum Gasteiger partial charge on any atom is 0.354 e. The van der Waals surface area contributed by atoms with Crippen LogP contribution in [0.4, 0.5) is 8.78 Å². The summed E-state index contributed by atoms with van der Waals surface area (Å²) >= 11 is 0. The Kier molecular flexibility index (Phi) is 16.4. The van der Waals surface area contributed by atoms with Crippen LogP contribution >= 0.6 is 0 Å². The van der Waals surface area contributed by atoms with Crippen LogP contribution in [-0.2, 0) is 48.9 Å². The third kappa shape index (κ3) is 12.7. The molecule has 0 unspecified atom stereocenters. The molecule has 21 heteroatoms. The van der Waals surface area contributed by atoms with Crippen LogP contribution in [0.2, 0.25) is 0 Å². The normalized spacial score (nSPS) is 17.1. The number of carboxylic acid groups (broad SMARTS) is 2. The lowest BCUT2D eigenvalue weighted by molar-refractivity contribution is -0.0593. The monoisotopic (exact) mass is 1110 g/mol. The summed E-state index contributed by atoms with van der Waals surface area (Å²) in [5, 5.41) is 36.7. The topological polar surface area (TPSA) is 240 Å². The van der Waals surface area contributed by atoms with Gasteiger partial charge in [-0.15, -0.1) is 0 Å². The molecular weight excluding hydrogens is 1050 g/mol. The van der Waals surface area contributed by atoms with Crippen LogP contribution in [0.25, 0.3) is 33.5 Å². The standard InChI is InChI=1S/C31H28FN5O4.C30H27FN6O4/c32-26-14-20(16-33)4-5-23(26)19-41-24-3-1-2-22(15-24)21-8-11-36(12-9-21)18-29-34-27-6-7-28(31(38)39)35-30(27)37(29)17-25-10-13-40-25;31-23-14-19(15-32)4-5-21(23)18-41-28-3-1-2-24(34-28)20-8-11-36(12-9-20)17-27-33-25-6-7-26(30(38)39)35-29(25)37(27)16-22-10-13-40-22/h1-8,14-15,25H,9-13,17-19H2,(H,38,39);1-8,14,22H,9-13,16-18H2,(H,38,39)/t25-;22-/m00/s1. The number of hydrogen-bond acceptors (Lipinski definition) is 15. The summed E-state index contributed by atoms with van der Waals surface area (Å²) in [5.74, 6) is -0.363. The van der Waals surface area contributed by atoms with Gasteiger partial charge in [0.25, 0.3) is 0 Å². The van der Waals surface area contributed by atoms with Crippen LogP contribution in [-0.4, -0.2) is 118 Å². The maximum atomic E-state index is 14.2. The Balaban J connectivity index is 0.000000172. The van der Waals surface area contributed by atoms with Gasteiger partial charge < -0.3 is 38.3 Å². The number of nitrogens with zero attached hydrogens (tertiary/aromatic N) is 11. The molecule has 2 fully saturated rings. The molecule has 4 aliphatic heterocycles. The number of hydrogen-bond donors (Lipinski definition) is 2. The zero-order valence-corrected chi connectivity index (χ0v) is 44.5. The van der Waals surface area contributed by atoms with Gasteiger partial charge >= 0.3 is 11.9 Å². The van der Waals surface area contributed by atoms with Gasteiger partial charge in [-0.2, -0.15) is 10.5 Å². The van der Waals surface area contributed by atoms with Crippen LogP contribution in [0, 0.1) is 34.3 Å². The molecule has 0 spiro atoms. The lowest BCUT2D eigenvalue weighted by Gasteiger charge is -2.29. The molecule has 2 atom stereocenters. The highest BCUT2D eigenvalue weighted by molar-refractivity contribution is 5.89. The predicted octanol–water partition coefficient (Wildman–Crippen LogP) is 8.99. The molecule has 0 amide bonds. The zero-order chi connectivity index (χ0) is 56.7. The molecule has 2 N–H and O–H groups in total. The zero-order valence-electron chi connectivity index (χ0n) is 44.5. The predicted molar refractivity (Wildman–Crippen MR) is 295 cm³/mol. The van der Waals surface area contributed by atoms with E-state index in [4.69, 9.17) is 39.4 Å². The Bertz CT molecular complexity index is 3630. The quantitative estimate of drug-likeness (QED) is 0.0814. The number of benzene rings is 3. The number of aromatic carboxylic acids is 2. The molecule has 3 aromatic carbocycles. The number of halogens is 2. The highest BCUT2D eigenvalue weighted by atomic mass is 19.1. The van der Waals surface area contributed by atoms with Crippen molar-refractivity contribution in [1.82, 2.24) is 43.9 Å². The van der Waals surface area contributed by atoms with Crippen molar-refractivity contribution in [3.05, 3.63) is 183 Å². The summed E-state index contributed by atoms with van der Waals surface area (Å²) in [5.41, 5.74) is 7.93. The number of imidazole rings is 2. The van der Waals surface area contributed by atoms with Crippen molar-refractivity contribution in [2.75, 3.05) is 39.4 Å². The lowest BCUT2D eigenvalue weighted by Crippen LogP contribution is -2.34. The average molecular weight is 1110 g/mol. The molecular formula is C61H55F2N11O8. The second-order valence-electron chi connectivity index (χ2n) is 20.3. The van der Waals surface area contributed by atoms with Crippen LogP contribution in [0.1, 0.15) is 91.8 Å². The minimum atomic E-state index is -1.07. The van der Waals surface area contributed by atoms with E-state index in [0.29, 0.717) is 77.8 Å². The minimum Gasteiger partial charge on any atom is -0.489 e. The molecule has 8 aromatic rings. The lowest BCUT2D eigenvalue weighted by atomic mass is 9.99. The Hall–Kier alpha value is -9.25. The maximum absolute atomic E-state index is 14.2. The first-order valence-corrected chi connectivity index (χ1v) is 26.9. The van der Waals surface area contributed by atoms with Gasteiger partial charge in [0.15, 0.2) is 22.7 Å². The van der Waals surface area contributed by atoms with Crippen LogP contribution in [0.5, 0.6) is 11.6 Å². The van der Waals surface area contributed by atoms with Crippen LogP contribution in [0.15, 0.2) is 115 Å². The summed E-state index contributed by atoms with van der Waals surface area (Å²) < 4.78 is 55.4. The van der Waals surface area contributed by atoms with Crippen molar-refractivity contribution in [3.8, 4) is 23.8 Å². The average Bonchev–Trinajstić information content (AvgIpc) is 4.08. The molecule has 5 aromatic heterocycles. The van der Waals surface area contributed by atoms with Crippen molar-refractivity contribution in [2.24, 2.45) is 0 Å². The SMILES string of the molecule is N#Cc1ccc(COc2cccc(C3=CCN(Cc4nc5ccc(C(=O)O)nc5n4C[C@@H]4CCO4)CC3)c2)c(F)c1.N#Cc1ccc(COc2cccc(C3=CCN(Cc4nc5ccc(C(=O)O)nc5n4C[C@@H]4CCO4)CC3)n2)c(F)c1. The molecule has 4 aliphatic rings. The molecule has 0 aliphatic carbocycles. The Morgan fingerprint density at radius 1 is 0.622 bits per heavy atom. The van der Waals surface area contributed by atoms with Gasteiger partial charge in [-0.3, -0.25) is 9.80 Å². The smallest absolute Gasteiger partial charge is 0.354 e. The van der Waals surface area contributed by atoms with Gasteiger partial charge in [-0.05, 0) is 109 Å². The van der Waals surface area contributed by atoms with Gasteiger partial charge in [0.2, 0.25) is 5.88 Å². The summed E-state index contributed by atoms with van der Waals surface area (Å²) in [4.78, 5) is 50.5. The summed E-state index contributed by atoms with van der Waals surface area (Å²) in [6.07, 6.45) is 8.00. The van der Waals surface area contributed by atoms with Gasteiger partial charge in [-0.25, -0.2) is 43.3 Å². The number of nitriles is 2. The summed E-state index contributed by atoms with van der Waals surface area (Å²) in [6, 6.07) is 32.2. The third-order valence-corrected chi connectivity index (χ3v) is 14.8. The minimum absolute atomic E-state index is 0.00137. The second-order valence-corrected chi connectivity index (χ2v) is 20.3. The van der Waals surface area contributed by atoms with E-state index in [0.717, 1.165) is 87.0 Å². The Labute approximate surface area is 469 Å². The van der Waals surface area contributed by atoms with E-state index in [2.05, 4.69) is 36.9 Å². The fourth-order valence-electron chi connectivity index (χ4n) is 10.1. The van der Waals surface area contributed by atoms with Gasteiger partial charge in [0.1, 0.15) is 53.3 Å². The van der Waals surface area contributed by atoms with Crippen LogP contribution in [0.3, 0.4) is 0 Å². The van der Waals surface area contributed by atoms with E-state index < -0.39 is 23.6 Å². The number of pyridine rings is 3. The van der Waals surface area contributed by atoms with Crippen LogP contribution < -0.4 is 9.47 Å². The van der Waals surface area contributed by atoms with E-state index >= 15 is 0 Å². The van der Waals surface area contributed by atoms with Crippen molar-refractivity contribution >= 4 is 45.4 Å². The highest BCUT2D eigenvalue weighted by Gasteiger charge is 2.27. The molecule has 19 nitrogen and oxygen atoms in total. The third-order valence-electron chi connectivity index (χ3n) is 14.8. The summed E-state index contributed by atoms with van der Waals surface area (Å²) in [7, 11) is 0.